The molecule has 2 aromatic rings. The number of benzene rings is 1. The molecule has 0 amide bonds. The average Bonchev–Trinajstić information content (AvgIpc) is 2.88. The van der Waals surface area contributed by atoms with Gasteiger partial charge in [0.1, 0.15) is 16.7 Å². The number of hydrogen-bond acceptors (Lipinski definition) is 5. The van der Waals surface area contributed by atoms with Crippen molar-refractivity contribution in [1.29, 1.82) is 5.26 Å². The molecule has 18 heavy (non-hydrogen) atoms. The third-order valence-corrected chi connectivity index (χ3v) is 3.40. The Morgan fingerprint density at radius 2 is 2.11 bits per heavy atom. The van der Waals surface area contributed by atoms with Crippen LogP contribution in [0.3, 0.4) is 0 Å². The second-order valence-corrected chi connectivity index (χ2v) is 4.61. The zero-order chi connectivity index (χ0) is 13.0. The van der Waals surface area contributed by atoms with Crippen LogP contribution in [0.2, 0.25) is 0 Å². The van der Waals surface area contributed by atoms with Crippen molar-refractivity contribution in [3.63, 3.8) is 0 Å². The molecule has 0 saturated heterocycles. The Labute approximate surface area is 110 Å². The largest absolute Gasteiger partial charge is 0.494 e. The van der Waals surface area contributed by atoms with Gasteiger partial charge in [-0.1, -0.05) is 11.3 Å². The van der Waals surface area contributed by atoms with E-state index in [1.165, 1.54) is 11.3 Å². The van der Waals surface area contributed by atoms with Crippen molar-refractivity contribution >= 4 is 22.2 Å². The molecule has 0 spiro atoms. The monoisotopic (exact) mass is 259 g/mol. The fourth-order valence-corrected chi connectivity index (χ4v) is 2.21. The SMILES string of the molecule is CCOc1ccc(N(C)c2ncc(C#N)s2)cc1. The highest BCUT2D eigenvalue weighted by molar-refractivity contribution is 7.16. The first kappa shape index (κ1) is 12.4. The lowest BCUT2D eigenvalue weighted by molar-refractivity contribution is 0.340. The van der Waals surface area contributed by atoms with Crippen molar-refractivity contribution in [3.8, 4) is 11.8 Å². The number of anilines is 2. The van der Waals surface area contributed by atoms with Gasteiger partial charge in [-0.05, 0) is 31.2 Å². The van der Waals surface area contributed by atoms with E-state index in [1.54, 1.807) is 6.20 Å². The van der Waals surface area contributed by atoms with Gasteiger partial charge in [-0.25, -0.2) is 4.98 Å². The van der Waals surface area contributed by atoms with Crippen molar-refractivity contribution in [2.24, 2.45) is 0 Å². The van der Waals surface area contributed by atoms with Crippen LogP contribution in [0.15, 0.2) is 30.5 Å². The van der Waals surface area contributed by atoms with Gasteiger partial charge in [0, 0.05) is 12.7 Å². The van der Waals surface area contributed by atoms with E-state index < -0.39 is 0 Å². The normalized spacial score (nSPS) is 9.83. The summed E-state index contributed by atoms with van der Waals surface area (Å²) < 4.78 is 5.39. The Hall–Kier alpha value is -2.06. The van der Waals surface area contributed by atoms with Gasteiger partial charge in [-0.15, -0.1) is 0 Å². The van der Waals surface area contributed by atoms with Gasteiger partial charge >= 0.3 is 0 Å². The van der Waals surface area contributed by atoms with Gasteiger partial charge < -0.3 is 9.64 Å². The predicted molar refractivity (Wildman–Crippen MR) is 72.5 cm³/mol. The zero-order valence-corrected chi connectivity index (χ0v) is 11.1. The molecule has 0 fully saturated rings. The van der Waals surface area contributed by atoms with Crippen LogP contribution in [0, 0.1) is 11.3 Å². The lowest BCUT2D eigenvalue weighted by atomic mass is 10.3. The van der Waals surface area contributed by atoms with Gasteiger partial charge in [0.05, 0.1) is 12.8 Å². The van der Waals surface area contributed by atoms with Crippen LogP contribution in [-0.4, -0.2) is 18.6 Å². The quantitative estimate of drug-likeness (QED) is 0.846. The highest BCUT2D eigenvalue weighted by Crippen LogP contribution is 2.28. The van der Waals surface area contributed by atoms with Gasteiger partial charge in [0.15, 0.2) is 5.13 Å². The van der Waals surface area contributed by atoms with Crippen LogP contribution in [0.25, 0.3) is 0 Å². The van der Waals surface area contributed by atoms with E-state index in [0.29, 0.717) is 11.5 Å². The molecule has 0 aliphatic carbocycles. The standard InChI is InChI=1S/C13H13N3OS/c1-3-17-11-6-4-10(5-7-11)16(2)13-15-9-12(8-14)18-13/h4-7,9H,3H2,1-2H3. The molecule has 1 heterocycles. The summed E-state index contributed by atoms with van der Waals surface area (Å²) in [6.07, 6.45) is 1.59. The molecule has 0 unspecified atom stereocenters. The Morgan fingerprint density at radius 1 is 1.39 bits per heavy atom. The van der Waals surface area contributed by atoms with Crippen LogP contribution in [-0.2, 0) is 0 Å². The molecular formula is C13H13N3OS. The minimum Gasteiger partial charge on any atom is -0.494 e. The van der Waals surface area contributed by atoms with Gasteiger partial charge in [0.25, 0.3) is 0 Å². The van der Waals surface area contributed by atoms with E-state index >= 15 is 0 Å². The maximum atomic E-state index is 8.78. The molecule has 0 saturated carbocycles. The molecule has 0 aliphatic rings. The van der Waals surface area contributed by atoms with E-state index in [0.717, 1.165) is 16.6 Å². The third kappa shape index (κ3) is 2.60. The molecule has 0 aliphatic heterocycles. The first-order chi connectivity index (χ1) is 8.74. The van der Waals surface area contributed by atoms with E-state index in [1.807, 2.05) is 43.1 Å². The second kappa shape index (κ2) is 5.52. The molecule has 0 radical (unpaired) electrons. The van der Waals surface area contributed by atoms with E-state index in [2.05, 4.69) is 11.1 Å². The number of thiazole rings is 1. The predicted octanol–water partition coefficient (Wildman–Crippen LogP) is 3.18. The summed E-state index contributed by atoms with van der Waals surface area (Å²) in [5, 5.41) is 9.59. The van der Waals surface area contributed by atoms with Crippen LogP contribution in [0.5, 0.6) is 5.75 Å². The molecule has 92 valence electrons. The van der Waals surface area contributed by atoms with Crippen molar-refractivity contribution in [2.75, 3.05) is 18.6 Å². The molecule has 0 bridgehead atoms. The molecule has 0 N–H and O–H groups in total. The number of nitriles is 1. The molecule has 1 aromatic carbocycles. The summed E-state index contributed by atoms with van der Waals surface area (Å²) in [4.78, 5) is 6.77. The maximum Gasteiger partial charge on any atom is 0.190 e. The van der Waals surface area contributed by atoms with Crippen molar-refractivity contribution < 1.29 is 4.74 Å². The van der Waals surface area contributed by atoms with Crippen LogP contribution < -0.4 is 9.64 Å². The lowest BCUT2D eigenvalue weighted by Crippen LogP contribution is -2.08. The van der Waals surface area contributed by atoms with Crippen molar-refractivity contribution in [2.45, 2.75) is 6.92 Å². The summed E-state index contributed by atoms with van der Waals surface area (Å²) in [7, 11) is 1.93. The fourth-order valence-electron chi connectivity index (χ4n) is 1.51. The number of rotatable bonds is 4. The Balaban J connectivity index is 2.18. The molecular weight excluding hydrogens is 246 g/mol. The lowest BCUT2D eigenvalue weighted by Gasteiger charge is -2.16. The summed E-state index contributed by atoms with van der Waals surface area (Å²) in [5.41, 5.74) is 1.01. The summed E-state index contributed by atoms with van der Waals surface area (Å²) >= 11 is 1.37. The van der Waals surface area contributed by atoms with Crippen LogP contribution in [0.1, 0.15) is 11.8 Å². The highest BCUT2D eigenvalue weighted by Gasteiger charge is 2.08. The molecule has 2 rings (SSSR count). The number of ether oxygens (including phenoxy) is 1. The topological polar surface area (TPSA) is 49.1 Å². The number of hydrogen-bond donors (Lipinski definition) is 0. The average molecular weight is 259 g/mol. The zero-order valence-electron chi connectivity index (χ0n) is 10.3. The highest BCUT2D eigenvalue weighted by atomic mass is 32.1. The first-order valence-corrected chi connectivity index (χ1v) is 6.38. The Morgan fingerprint density at radius 3 is 2.67 bits per heavy atom. The second-order valence-electron chi connectivity index (χ2n) is 3.60. The first-order valence-electron chi connectivity index (χ1n) is 5.57. The molecule has 4 nitrogen and oxygen atoms in total. The van der Waals surface area contributed by atoms with Crippen molar-refractivity contribution in [1.82, 2.24) is 4.98 Å². The minimum atomic E-state index is 0.614. The Bertz CT molecular complexity index is 556. The van der Waals surface area contributed by atoms with Crippen molar-refractivity contribution in [3.05, 3.63) is 35.3 Å². The minimum absolute atomic E-state index is 0.614. The van der Waals surface area contributed by atoms with Crippen LogP contribution in [0.4, 0.5) is 10.8 Å². The van der Waals surface area contributed by atoms with Gasteiger partial charge in [-0.3, -0.25) is 0 Å². The summed E-state index contributed by atoms with van der Waals surface area (Å²) in [6.45, 7) is 2.62. The van der Waals surface area contributed by atoms with E-state index in [9.17, 15) is 0 Å². The fraction of sp³-hybridized carbons (Fsp3) is 0.231. The van der Waals surface area contributed by atoms with E-state index in [4.69, 9.17) is 10.00 Å². The molecule has 5 heteroatoms. The maximum absolute atomic E-state index is 8.78. The third-order valence-electron chi connectivity index (χ3n) is 2.43. The molecule has 1 aromatic heterocycles. The van der Waals surface area contributed by atoms with Gasteiger partial charge in [0.2, 0.25) is 0 Å². The number of aromatic nitrogens is 1. The number of nitrogens with zero attached hydrogens (tertiary/aromatic N) is 3. The van der Waals surface area contributed by atoms with E-state index in [-0.39, 0.29) is 0 Å². The summed E-state index contributed by atoms with van der Waals surface area (Å²) in [5.74, 6) is 0.853. The van der Waals surface area contributed by atoms with Crippen LogP contribution >= 0.6 is 11.3 Å². The van der Waals surface area contributed by atoms with Gasteiger partial charge in [-0.2, -0.15) is 5.26 Å². The Kier molecular flexibility index (Phi) is 3.80. The smallest absolute Gasteiger partial charge is 0.190 e. The molecule has 0 atom stereocenters. The summed E-state index contributed by atoms with van der Waals surface area (Å²) in [6, 6.07) is 9.88.